The van der Waals surface area contributed by atoms with Crippen LogP contribution in [0.4, 0.5) is 0 Å². The Kier molecular flexibility index (Phi) is 5.88. The van der Waals surface area contributed by atoms with E-state index in [-0.39, 0.29) is 5.41 Å². The van der Waals surface area contributed by atoms with E-state index in [9.17, 15) is 8.42 Å². The van der Waals surface area contributed by atoms with Gasteiger partial charge in [0.05, 0.1) is 4.90 Å². The van der Waals surface area contributed by atoms with Gasteiger partial charge in [0, 0.05) is 32.7 Å². The van der Waals surface area contributed by atoms with E-state index < -0.39 is 10.0 Å². The highest BCUT2D eigenvalue weighted by atomic mass is 32.2. The average molecular weight is 370 g/mol. The summed E-state index contributed by atoms with van der Waals surface area (Å²) < 4.78 is 27.2. The van der Waals surface area contributed by atoms with Gasteiger partial charge in [-0.1, -0.05) is 32.9 Å². The number of thiocarbonyl (C=S) groups is 1. The molecule has 1 fully saturated rings. The first-order valence-corrected chi connectivity index (χ1v) is 10.1. The number of hydrogen-bond acceptors (Lipinski definition) is 3. The monoisotopic (exact) mass is 369 g/mol. The molecule has 0 aliphatic carbocycles. The Balaban J connectivity index is 2.08. The van der Waals surface area contributed by atoms with Crippen LogP contribution in [-0.4, -0.2) is 55.5 Å². The molecule has 24 heavy (non-hydrogen) atoms. The van der Waals surface area contributed by atoms with Crippen molar-refractivity contribution in [2.45, 2.75) is 38.0 Å². The topological polar surface area (TPSA) is 52.6 Å². The second-order valence-electron chi connectivity index (χ2n) is 7.00. The summed E-state index contributed by atoms with van der Waals surface area (Å²) in [5, 5.41) is 3.81. The fourth-order valence-electron chi connectivity index (χ4n) is 2.67. The lowest BCUT2D eigenvalue weighted by molar-refractivity contribution is 0.264. The van der Waals surface area contributed by atoms with Crippen molar-refractivity contribution in [3.8, 4) is 0 Å². The third kappa shape index (κ3) is 4.26. The van der Waals surface area contributed by atoms with E-state index in [2.05, 4.69) is 26.1 Å². The Morgan fingerprint density at radius 1 is 1.12 bits per heavy atom. The van der Waals surface area contributed by atoms with Crippen molar-refractivity contribution < 1.29 is 8.42 Å². The highest BCUT2D eigenvalue weighted by Gasteiger charge is 2.29. The zero-order valence-corrected chi connectivity index (χ0v) is 16.5. The van der Waals surface area contributed by atoms with Gasteiger partial charge in [0.15, 0.2) is 5.11 Å². The first kappa shape index (κ1) is 19.1. The minimum absolute atomic E-state index is 0.00981. The predicted molar refractivity (Wildman–Crippen MR) is 102 cm³/mol. The largest absolute Gasteiger partial charge is 0.363 e. The first-order chi connectivity index (χ1) is 11.2. The molecule has 0 aromatic heterocycles. The lowest BCUT2D eigenvalue weighted by atomic mass is 9.87. The number of piperazine rings is 1. The van der Waals surface area contributed by atoms with Crippen LogP contribution in [0.3, 0.4) is 0 Å². The molecule has 0 amide bonds. The molecule has 0 bridgehead atoms. The van der Waals surface area contributed by atoms with Crippen molar-refractivity contribution >= 4 is 27.4 Å². The third-order valence-electron chi connectivity index (χ3n) is 4.21. The molecule has 134 valence electrons. The molecule has 0 unspecified atom stereocenters. The summed E-state index contributed by atoms with van der Waals surface area (Å²) in [6, 6.07) is 7.24. The van der Waals surface area contributed by atoms with Crippen molar-refractivity contribution in [3.63, 3.8) is 0 Å². The van der Waals surface area contributed by atoms with E-state index in [0.717, 1.165) is 12.1 Å². The van der Waals surface area contributed by atoms with E-state index in [1.165, 1.54) is 0 Å². The number of rotatable bonds is 3. The van der Waals surface area contributed by atoms with Crippen LogP contribution in [-0.2, 0) is 15.4 Å². The van der Waals surface area contributed by atoms with Gasteiger partial charge in [-0.2, -0.15) is 4.31 Å². The van der Waals surface area contributed by atoms with Crippen molar-refractivity contribution in [2.75, 3.05) is 32.7 Å². The van der Waals surface area contributed by atoms with Gasteiger partial charge in [0.1, 0.15) is 0 Å². The Morgan fingerprint density at radius 3 is 2.12 bits per heavy atom. The summed E-state index contributed by atoms with van der Waals surface area (Å²) >= 11 is 5.29. The summed E-state index contributed by atoms with van der Waals surface area (Å²) in [4.78, 5) is 2.38. The predicted octanol–water partition coefficient (Wildman–Crippen LogP) is 2.18. The van der Waals surface area contributed by atoms with E-state index >= 15 is 0 Å². The van der Waals surface area contributed by atoms with Gasteiger partial charge in [-0.05, 0) is 42.3 Å². The van der Waals surface area contributed by atoms with Crippen molar-refractivity contribution in [2.24, 2.45) is 0 Å². The van der Waals surface area contributed by atoms with Crippen LogP contribution < -0.4 is 5.32 Å². The van der Waals surface area contributed by atoms with Crippen LogP contribution in [0, 0.1) is 0 Å². The lowest BCUT2D eigenvalue weighted by Crippen LogP contribution is -2.52. The molecule has 0 spiro atoms. The maximum atomic E-state index is 12.8. The zero-order valence-electron chi connectivity index (χ0n) is 14.9. The smallest absolute Gasteiger partial charge is 0.243 e. The maximum absolute atomic E-state index is 12.8. The van der Waals surface area contributed by atoms with Crippen LogP contribution in [0.2, 0.25) is 0 Å². The van der Waals surface area contributed by atoms with Crippen LogP contribution >= 0.6 is 12.2 Å². The van der Waals surface area contributed by atoms with Gasteiger partial charge in [0.2, 0.25) is 10.0 Å². The van der Waals surface area contributed by atoms with Crippen LogP contribution in [0.25, 0.3) is 0 Å². The van der Waals surface area contributed by atoms with Crippen molar-refractivity contribution in [3.05, 3.63) is 29.8 Å². The second kappa shape index (κ2) is 7.37. The van der Waals surface area contributed by atoms with Gasteiger partial charge >= 0.3 is 0 Å². The standard InChI is InChI=1S/C17H27N3O2S2/c1-5-18-16(23)19-10-12-20(13-11-19)24(21,22)15-8-6-14(7-9-15)17(2,3)4/h6-9H,5,10-13H2,1-4H3,(H,18,23). The maximum Gasteiger partial charge on any atom is 0.243 e. The van der Waals surface area contributed by atoms with E-state index in [1.807, 2.05) is 24.0 Å². The highest BCUT2D eigenvalue weighted by molar-refractivity contribution is 7.89. The van der Waals surface area contributed by atoms with Gasteiger partial charge in [-0.15, -0.1) is 0 Å². The molecule has 7 heteroatoms. The van der Waals surface area contributed by atoms with Gasteiger partial charge < -0.3 is 10.2 Å². The van der Waals surface area contributed by atoms with Gasteiger partial charge in [-0.3, -0.25) is 0 Å². The van der Waals surface area contributed by atoms with Crippen LogP contribution in [0.1, 0.15) is 33.3 Å². The van der Waals surface area contributed by atoms with E-state index in [4.69, 9.17) is 12.2 Å². The van der Waals surface area contributed by atoms with Crippen LogP contribution in [0.5, 0.6) is 0 Å². The van der Waals surface area contributed by atoms with Gasteiger partial charge in [-0.25, -0.2) is 8.42 Å². The molecule has 1 aromatic carbocycles. The molecule has 0 saturated carbocycles. The summed E-state index contributed by atoms with van der Waals surface area (Å²) in [6.45, 7) is 11.3. The molecule has 1 heterocycles. The molecule has 1 saturated heterocycles. The molecule has 1 aliphatic heterocycles. The minimum atomic E-state index is -3.44. The molecule has 0 atom stereocenters. The first-order valence-electron chi connectivity index (χ1n) is 8.29. The quantitative estimate of drug-likeness (QED) is 0.828. The zero-order chi connectivity index (χ0) is 18.0. The number of benzene rings is 1. The fraction of sp³-hybridized carbons (Fsp3) is 0.588. The van der Waals surface area contributed by atoms with Crippen molar-refractivity contribution in [1.82, 2.24) is 14.5 Å². The summed E-state index contributed by atoms with van der Waals surface area (Å²) in [6.07, 6.45) is 0. The molecule has 5 nitrogen and oxygen atoms in total. The number of nitrogens with zero attached hydrogens (tertiary/aromatic N) is 2. The number of hydrogen-bond donors (Lipinski definition) is 1. The molecule has 0 radical (unpaired) electrons. The number of nitrogens with one attached hydrogen (secondary N) is 1. The molecule has 1 aliphatic rings. The summed E-state index contributed by atoms with van der Waals surface area (Å²) in [7, 11) is -3.44. The minimum Gasteiger partial charge on any atom is -0.363 e. The summed E-state index contributed by atoms with van der Waals surface area (Å²) in [5.41, 5.74) is 1.14. The normalized spacial score (nSPS) is 16.9. The van der Waals surface area contributed by atoms with E-state index in [1.54, 1.807) is 16.4 Å². The Hall–Kier alpha value is -1.18. The Morgan fingerprint density at radius 2 is 1.67 bits per heavy atom. The second-order valence-corrected chi connectivity index (χ2v) is 9.33. The average Bonchev–Trinajstić information content (AvgIpc) is 2.54. The van der Waals surface area contributed by atoms with Gasteiger partial charge in [0.25, 0.3) is 0 Å². The molecule has 1 N–H and O–H groups in total. The lowest BCUT2D eigenvalue weighted by Gasteiger charge is -2.35. The Labute approximate surface area is 151 Å². The highest BCUT2D eigenvalue weighted by Crippen LogP contribution is 2.25. The summed E-state index contributed by atoms with van der Waals surface area (Å²) in [5.74, 6) is 0. The molecule has 1 aromatic rings. The fourth-order valence-corrected chi connectivity index (χ4v) is 4.42. The number of sulfonamides is 1. The third-order valence-corrected chi connectivity index (χ3v) is 6.53. The van der Waals surface area contributed by atoms with Crippen LogP contribution in [0.15, 0.2) is 29.2 Å². The van der Waals surface area contributed by atoms with Crippen molar-refractivity contribution in [1.29, 1.82) is 0 Å². The molecular weight excluding hydrogens is 342 g/mol. The molecule has 2 rings (SSSR count). The SMILES string of the molecule is CCNC(=S)N1CCN(S(=O)(=O)c2ccc(C(C)(C)C)cc2)CC1. The Bertz CT molecular complexity index is 671. The van der Waals surface area contributed by atoms with E-state index in [0.29, 0.717) is 36.2 Å². The molecular formula is C17H27N3O2S2.